The largest absolute Gasteiger partial charge is 0.245 e. The molecule has 5 heteroatoms. The van der Waals surface area contributed by atoms with Gasteiger partial charge in [-0.05, 0) is 18.2 Å². The molecule has 0 bridgehead atoms. The monoisotopic (exact) mass is 277 g/mol. The van der Waals surface area contributed by atoms with Crippen LogP contribution in [0.4, 0.5) is 0 Å². The van der Waals surface area contributed by atoms with Crippen LogP contribution in [0.25, 0.3) is 11.1 Å². The van der Waals surface area contributed by atoms with Crippen LogP contribution in [0.1, 0.15) is 0 Å². The number of terminal acetylenes is 1. The Hall–Kier alpha value is -1.83. The predicted molar refractivity (Wildman–Crippen MR) is 70.7 cm³/mol. The van der Waals surface area contributed by atoms with Crippen molar-refractivity contribution in [2.75, 3.05) is 0 Å². The zero-order valence-corrected chi connectivity index (χ0v) is 10.7. The Morgan fingerprint density at radius 3 is 2.44 bits per heavy atom. The van der Waals surface area contributed by atoms with E-state index in [1.165, 1.54) is 12.3 Å². The second kappa shape index (κ2) is 4.81. The lowest BCUT2D eigenvalue weighted by atomic mass is 10.1. The first-order valence-corrected chi connectivity index (χ1v) is 6.84. The van der Waals surface area contributed by atoms with E-state index >= 15 is 0 Å². The first-order chi connectivity index (χ1) is 8.56. The van der Waals surface area contributed by atoms with Crippen LogP contribution in [0, 0.1) is 11.7 Å². The first-order valence-electron chi connectivity index (χ1n) is 4.98. The maximum absolute atomic E-state index is 11.8. The highest BCUT2D eigenvalue weighted by atomic mass is 35.5. The number of nitrogens with zero attached hydrogens (tertiary/aromatic N) is 1. The molecule has 0 radical (unpaired) electrons. The first kappa shape index (κ1) is 12.6. The molecule has 0 saturated carbocycles. The Balaban J connectivity index is 2.76. The topological polar surface area (TPSA) is 47.0 Å². The Bertz CT molecular complexity index is 733. The quantitative estimate of drug-likeness (QED) is 0.482. The summed E-state index contributed by atoms with van der Waals surface area (Å²) >= 11 is 5.97. The molecular formula is C13H8ClNO2S. The average Bonchev–Trinajstić information content (AvgIpc) is 2.39. The molecule has 0 unspecified atom stereocenters. The van der Waals surface area contributed by atoms with Gasteiger partial charge in [0.25, 0.3) is 0 Å². The minimum atomic E-state index is -3.75. The molecule has 0 aliphatic rings. The fraction of sp³-hybridized carbons (Fsp3) is 0. The lowest BCUT2D eigenvalue weighted by Crippen LogP contribution is -1.99. The third kappa shape index (κ3) is 2.23. The van der Waals surface area contributed by atoms with Gasteiger partial charge < -0.3 is 0 Å². The maximum Gasteiger partial charge on any atom is 0.245 e. The van der Waals surface area contributed by atoms with Crippen molar-refractivity contribution in [1.29, 1.82) is 0 Å². The van der Waals surface area contributed by atoms with Crippen LogP contribution in [-0.4, -0.2) is 13.4 Å². The van der Waals surface area contributed by atoms with Gasteiger partial charge in [-0.1, -0.05) is 29.8 Å². The molecule has 0 fully saturated rings. The van der Waals surface area contributed by atoms with E-state index in [1.807, 2.05) is 0 Å². The van der Waals surface area contributed by atoms with Crippen LogP contribution >= 0.6 is 11.6 Å². The van der Waals surface area contributed by atoms with Gasteiger partial charge in [0, 0.05) is 22.6 Å². The van der Waals surface area contributed by atoms with Crippen LogP contribution in [0.3, 0.4) is 0 Å². The van der Waals surface area contributed by atoms with Crippen molar-refractivity contribution in [3.63, 3.8) is 0 Å². The number of benzene rings is 1. The predicted octanol–water partition coefficient (Wildman–Crippen LogP) is 2.77. The molecule has 90 valence electrons. The summed E-state index contributed by atoms with van der Waals surface area (Å²) in [5.41, 5.74) is 0.988. The zero-order chi connectivity index (χ0) is 13.2. The van der Waals surface area contributed by atoms with E-state index in [-0.39, 0.29) is 10.0 Å². The highest BCUT2D eigenvalue weighted by Crippen LogP contribution is 2.31. The number of sulfone groups is 1. The van der Waals surface area contributed by atoms with Gasteiger partial charge in [-0.3, -0.25) is 0 Å². The minimum Gasteiger partial charge on any atom is -0.244 e. The lowest BCUT2D eigenvalue weighted by molar-refractivity contribution is 0.606. The van der Waals surface area contributed by atoms with Crippen LogP contribution in [0.15, 0.2) is 47.5 Å². The minimum absolute atomic E-state index is 0.0578. The van der Waals surface area contributed by atoms with Crippen LogP contribution in [0.2, 0.25) is 5.15 Å². The van der Waals surface area contributed by atoms with Crippen LogP contribution in [-0.2, 0) is 9.84 Å². The lowest BCUT2D eigenvalue weighted by Gasteiger charge is -2.08. The van der Waals surface area contributed by atoms with Crippen molar-refractivity contribution in [1.82, 2.24) is 4.98 Å². The smallest absolute Gasteiger partial charge is 0.244 e. The molecular weight excluding hydrogens is 270 g/mol. The van der Waals surface area contributed by atoms with E-state index < -0.39 is 9.84 Å². The van der Waals surface area contributed by atoms with Crippen molar-refractivity contribution in [3.8, 4) is 22.8 Å². The SMILES string of the molecule is C#CS(=O)(=O)c1ccccc1-c1cccnc1Cl. The molecule has 0 N–H and O–H groups in total. The summed E-state index contributed by atoms with van der Waals surface area (Å²) in [6, 6.07) is 9.80. The molecule has 0 aliphatic carbocycles. The van der Waals surface area contributed by atoms with Gasteiger partial charge in [-0.25, -0.2) is 13.4 Å². The third-order valence-corrected chi connectivity index (χ3v) is 3.93. The Labute approximate surface area is 110 Å². The summed E-state index contributed by atoms with van der Waals surface area (Å²) in [4.78, 5) is 3.98. The number of hydrogen-bond acceptors (Lipinski definition) is 3. The second-order valence-electron chi connectivity index (χ2n) is 3.46. The number of rotatable bonds is 2. The van der Waals surface area contributed by atoms with E-state index in [0.29, 0.717) is 11.1 Å². The number of aromatic nitrogens is 1. The molecule has 1 aromatic carbocycles. The molecule has 3 nitrogen and oxygen atoms in total. The molecule has 0 atom stereocenters. The molecule has 0 amide bonds. The average molecular weight is 278 g/mol. The number of hydrogen-bond donors (Lipinski definition) is 0. The molecule has 2 rings (SSSR count). The molecule has 1 heterocycles. The summed E-state index contributed by atoms with van der Waals surface area (Å²) in [7, 11) is -3.75. The van der Waals surface area contributed by atoms with Crippen molar-refractivity contribution < 1.29 is 8.42 Å². The van der Waals surface area contributed by atoms with Gasteiger partial charge in [0.05, 0.1) is 4.90 Å². The highest BCUT2D eigenvalue weighted by Gasteiger charge is 2.18. The van der Waals surface area contributed by atoms with E-state index in [4.69, 9.17) is 18.0 Å². The standard InChI is InChI=1S/C13H8ClNO2S/c1-2-18(16,17)12-8-4-3-6-10(12)11-7-5-9-15-13(11)14/h1,3-9H. The Morgan fingerprint density at radius 1 is 1.11 bits per heavy atom. The van der Waals surface area contributed by atoms with Gasteiger partial charge in [-0.2, -0.15) is 0 Å². The van der Waals surface area contributed by atoms with Crippen molar-refractivity contribution in [2.24, 2.45) is 0 Å². The molecule has 1 aromatic heterocycles. The van der Waals surface area contributed by atoms with E-state index in [1.54, 1.807) is 35.6 Å². The zero-order valence-electron chi connectivity index (χ0n) is 9.17. The summed E-state index contributed by atoms with van der Waals surface area (Å²) < 4.78 is 23.6. The molecule has 0 spiro atoms. The number of pyridine rings is 1. The fourth-order valence-electron chi connectivity index (χ4n) is 1.57. The van der Waals surface area contributed by atoms with Gasteiger partial charge in [-0.15, -0.1) is 6.42 Å². The van der Waals surface area contributed by atoms with E-state index in [0.717, 1.165) is 0 Å². The van der Waals surface area contributed by atoms with Crippen molar-refractivity contribution >= 4 is 21.4 Å². The summed E-state index contributed by atoms with van der Waals surface area (Å²) in [6.07, 6.45) is 6.57. The summed E-state index contributed by atoms with van der Waals surface area (Å²) in [5, 5.41) is 2.03. The number of halogens is 1. The third-order valence-electron chi connectivity index (χ3n) is 2.38. The van der Waals surface area contributed by atoms with Crippen molar-refractivity contribution in [2.45, 2.75) is 4.90 Å². The Kier molecular flexibility index (Phi) is 3.37. The van der Waals surface area contributed by atoms with Gasteiger partial charge in [0.1, 0.15) is 5.15 Å². The Morgan fingerprint density at radius 2 is 1.78 bits per heavy atom. The summed E-state index contributed by atoms with van der Waals surface area (Å²) in [6.45, 7) is 0. The molecule has 0 aliphatic heterocycles. The maximum atomic E-state index is 11.8. The summed E-state index contributed by atoms with van der Waals surface area (Å²) in [5.74, 6) is 0. The van der Waals surface area contributed by atoms with E-state index in [9.17, 15) is 8.42 Å². The van der Waals surface area contributed by atoms with Gasteiger partial charge in [0.2, 0.25) is 9.84 Å². The van der Waals surface area contributed by atoms with Gasteiger partial charge >= 0.3 is 0 Å². The molecule has 2 aromatic rings. The van der Waals surface area contributed by atoms with Gasteiger partial charge in [0.15, 0.2) is 0 Å². The van der Waals surface area contributed by atoms with Crippen LogP contribution in [0.5, 0.6) is 0 Å². The molecule has 0 saturated heterocycles. The fourth-order valence-corrected chi connectivity index (χ4v) is 2.65. The van der Waals surface area contributed by atoms with Crippen molar-refractivity contribution in [3.05, 3.63) is 47.7 Å². The van der Waals surface area contributed by atoms with Crippen LogP contribution < -0.4 is 0 Å². The second-order valence-corrected chi connectivity index (χ2v) is 5.50. The highest BCUT2D eigenvalue weighted by molar-refractivity contribution is 7.96. The molecule has 18 heavy (non-hydrogen) atoms. The normalized spacial score (nSPS) is 10.9. The van der Waals surface area contributed by atoms with E-state index in [2.05, 4.69) is 4.98 Å².